The second-order valence-electron chi connectivity index (χ2n) is 5.30. The molecule has 3 N–H and O–H groups in total. The van der Waals surface area contributed by atoms with Crippen molar-refractivity contribution >= 4 is 17.4 Å². The summed E-state index contributed by atoms with van der Waals surface area (Å²) in [5.41, 5.74) is 8.28. The normalized spacial score (nSPS) is 26.8. The van der Waals surface area contributed by atoms with Gasteiger partial charge >= 0.3 is 0 Å². The number of ether oxygens (including phenoxy) is 1. The van der Waals surface area contributed by atoms with E-state index in [0.29, 0.717) is 18.4 Å². The van der Waals surface area contributed by atoms with Gasteiger partial charge in [0.05, 0.1) is 13.2 Å². The van der Waals surface area contributed by atoms with E-state index >= 15 is 0 Å². The van der Waals surface area contributed by atoms with E-state index in [1.165, 1.54) is 12.8 Å². The Morgan fingerprint density at radius 3 is 2.89 bits per heavy atom. The zero-order valence-corrected chi connectivity index (χ0v) is 11.6. The Balaban J connectivity index is 1.84. The number of anilines is 1. The molecule has 2 heterocycles. The zero-order valence-electron chi connectivity index (χ0n) is 10.9. The van der Waals surface area contributed by atoms with Crippen LogP contribution >= 0.6 is 11.6 Å². The molecule has 1 aromatic rings. The fraction of sp³-hybridized carbons (Fsp3) is 0.692. The Labute approximate surface area is 117 Å². The predicted octanol–water partition coefficient (Wildman–Crippen LogP) is 1.88. The summed E-state index contributed by atoms with van der Waals surface area (Å²) in [5, 5.41) is 12.2. The number of aromatic nitrogens is 2. The second kappa shape index (κ2) is 5.61. The summed E-state index contributed by atoms with van der Waals surface area (Å²) in [6, 6.07) is 0.484. The van der Waals surface area contributed by atoms with E-state index in [2.05, 4.69) is 15.5 Å². The zero-order chi connectivity index (χ0) is 13.2. The van der Waals surface area contributed by atoms with Crippen LogP contribution in [0.1, 0.15) is 36.8 Å². The van der Waals surface area contributed by atoms with Gasteiger partial charge in [-0.25, -0.2) is 0 Å². The molecule has 1 saturated carbocycles. The van der Waals surface area contributed by atoms with Crippen molar-refractivity contribution in [2.75, 3.05) is 11.9 Å². The lowest BCUT2D eigenvalue weighted by atomic mass is 9.91. The number of nitrogens with one attached hydrogen (secondary N) is 1. The predicted molar refractivity (Wildman–Crippen MR) is 74.3 cm³/mol. The van der Waals surface area contributed by atoms with Gasteiger partial charge in [-0.3, -0.25) is 0 Å². The first-order chi connectivity index (χ1) is 9.25. The van der Waals surface area contributed by atoms with Crippen molar-refractivity contribution in [1.82, 2.24) is 10.2 Å². The standard InChI is InChI=1S/C13H19ClN4O/c14-12-9-7-19-6-5-8(9)13(18-17-12)16-11-4-2-1-3-10(11)15/h10-11H,1-7,15H2,(H,16,18). The Bertz CT molecular complexity index is 468. The number of hydrogen-bond acceptors (Lipinski definition) is 5. The minimum atomic E-state index is 0.196. The molecule has 2 atom stereocenters. The number of nitrogens with two attached hydrogens (primary N) is 1. The molecule has 0 aromatic carbocycles. The third-order valence-electron chi connectivity index (χ3n) is 4.02. The van der Waals surface area contributed by atoms with Crippen molar-refractivity contribution in [3.8, 4) is 0 Å². The van der Waals surface area contributed by atoms with Crippen molar-refractivity contribution in [2.45, 2.75) is 50.8 Å². The molecule has 0 saturated heterocycles. The monoisotopic (exact) mass is 282 g/mol. The first-order valence-corrected chi connectivity index (χ1v) is 7.27. The molecule has 0 amide bonds. The lowest BCUT2D eigenvalue weighted by Crippen LogP contribution is -2.43. The highest BCUT2D eigenvalue weighted by molar-refractivity contribution is 6.30. The number of halogens is 1. The van der Waals surface area contributed by atoms with E-state index in [4.69, 9.17) is 22.1 Å². The van der Waals surface area contributed by atoms with Crippen LogP contribution in [-0.4, -0.2) is 28.9 Å². The van der Waals surface area contributed by atoms with Gasteiger partial charge in [0, 0.05) is 23.2 Å². The molecule has 1 aliphatic carbocycles. The molecule has 3 rings (SSSR count). The molecular weight excluding hydrogens is 264 g/mol. The molecule has 19 heavy (non-hydrogen) atoms. The highest BCUT2D eigenvalue weighted by atomic mass is 35.5. The molecule has 1 aromatic heterocycles. The van der Waals surface area contributed by atoms with Crippen LogP contribution in [0.2, 0.25) is 5.15 Å². The highest BCUT2D eigenvalue weighted by Gasteiger charge is 2.25. The molecule has 2 aliphatic rings. The molecule has 104 valence electrons. The van der Waals surface area contributed by atoms with Gasteiger partial charge in [-0.2, -0.15) is 0 Å². The lowest BCUT2D eigenvalue weighted by Gasteiger charge is -2.31. The minimum absolute atomic E-state index is 0.196. The van der Waals surface area contributed by atoms with Crippen molar-refractivity contribution in [1.29, 1.82) is 0 Å². The van der Waals surface area contributed by atoms with Crippen LogP contribution in [0.3, 0.4) is 0 Å². The summed E-state index contributed by atoms with van der Waals surface area (Å²) >= 11 is 6.08. The fourth-order valence-corrected chi connectivity index (χ4v) is 3.08. The van der Waals surface area contributed by atoms with Gasteiger partial charge in [-0.15, -0.1) is 10.2 Å². The van der Waals surface area contributed by atoms with Gasteiger partial charge in [0.1, 0.15) is 0 Å². The van der Waals surface area contributed by atoms with Crippen molar-refractivity contribution in [2.24, 2.45) is 5.73 Å². The van der Waals surface area contributed by atoms with E-state index < -0.39 is 0 Å². The first kappa shape index (κ1) is 13.1. The third-order valence-corrected chi connectivity index (χ3v) is 4.32. The Morgan fingerprint density at radius 2 is 2.05 bits per heavy atom. The number of fused-ring (bicyclic) bond motifs is 1. The molecule has 2 unspecified atom stereocenters. The molecule has 6 heteroatoms. The maximum absolute atomic E-state index is 6.17. The van der Waals surface area contributed by atoms with Crippen LogP contribution in [-0.2, 0) is 17.8 Å². The summed E-state index contributed by atoms with van der Waals surface area (Å²) < 4.78 is 5.44. The van der Waals surface area contributed by atoms with E-state index in [-0.39, 0.29) is 12.1 Å². The van der Waals surface area contributed by atoms with Crippen molar-refractivity contribution in [3.63, 3.8) is 0 Å². The van der Waals surface area contributed by atoms with Crippen LogP contribution in [0.15, 0.2) is 0 Å². The van der Waals surface area contributed by atoms with Crippen LogP contribution in [0.5, 0.6) is 0 Å². The van der Waals surface area contributed by atoms with Crippen LogP contribution in [0.25, 0.3) is 0 Å². The van der Waals surface area contributed by atoms with E-state index in [9.17, 15) is 0 Å². The molecule has 1 aliphatic heterocycles. The quantitative estimate of drug-likeness (QED) is 0.866. The van der Waals surface area contributed by atoms with Gasteiger partial charge in [0.15, 0.2) is 11.0 Å². The third kappa shape index (κ3) is 2.68. The summed E-state index contributed by atoms with van der Waals surface area (Å²) in [6.07, 6.45) is 5.44. The van der Waals surface area contributed by atoms with Gasteiger partial charge < -0.3 is 15.8 Å². The largest absolute Gasteiger partial charge is 0.376 e. The van der Waals surface area contributed by atoms with E-state index in [1.807, 2.05) is 0 Å². The molecule has 0 bridgehead atoms. The number of nitrogens with zero attached hydrogens (tertiary/aromatic N) is 2. The topological polar surface area (TPSA) is 73.1 Å². The van der Waals surface area contributed by atoms with Gasteiger partial charge in [-0.05, 0) is 19.3 Å². The molecule has 5 nitrogen and oxygen atoms in total. The first-order valence-electron chi connectivity index (χ1n) is 6.89. The minimum Gasteiger partial charge on any atom is -0.376 e. The van der Waals surface area contributed by atoms with Gasteiger partial charge in [0.2, 0.25) is 0 Å². The Kier molecular flexibility index (Phi) is 3.86. The SMILES string of the molecule is NC1CCCCC1Nc1nnc(Cl)c2c1CCOC2. The van der Waals surface area contributed by atoms with Crippen LogP contribution in [0, 0.1) is 0 Å². The lowest BCUT2D eigenvalue weighted by molar-refractivity contribution is 0.110. The highest BCUT2D eigenvalue weighted by Crippen LogP contribution is 2.29. The maximum atomic E-state index is 6.17. The maximum Gasteiger partial charge on any atom is 0.157 e. The summed E-state index contributed by atoms with van der Waals surface area (Å²) in [6.45, 7) is 1.23. The average Bonchev–Trinajstić information content (AvgIpc) is 2.44. The summed E-state index contributed by atoms with van der Waals surface area (Å²) in [4.78, 5) is 0. The van der Waals surface area contributed by atoms with Crippen molar-refractivity contribution in [3.05, 3.63) is 16.3 Å². The number of hydrogen-bond donors (Lipinski definition) is 2. The average molecular weight is 283 g/mol. The van der Waals surface area contributed by atoms with E-state index in [1.54, 1.807) is 0 Å². The Morgan fingerprint density at radius 1 is 1.21 bits per heavy atom. The summed E-state index contributed by atoms with van der Waals surface area (Å²) in [5.74, 6) is 0.838. The second-order valence-corrected chi connectivity index (χ2v) is 5.66. The molecule has 0 spiro atoms. The summed E-state index contributed by atoms with van der Waals surface area (Å²) in [7, 11) is 0. The Hall–Kier alpha value is -0.910. The molecule has 0 radical (unpaired) electrons. The van der Waals surface area contributed by atoms with Gasteiger partial charge in [0.25, 0.3) is 0 Å². The smallest absolute Gasteiger partial charge is 0.157 e. The van der Waals surface area contributed by atoms with E-state index in [0.717, 1.165) is 36.2 Å². The molecular formula is C13H19ClN4O. The molecule has 1 fully saturated rings. The van der Waals surface area contributed by atoms with Crippen molar-refractivity contribution < 1.29 is 4.74 Å². The number of rotatable bonds is 2. The van der Waals surface area contributed by atoms with Crippen LogP contribution in [0.4, 0.5) is 5.82 Å². The van der Waals surface area contributed by atoms with Gasteiger partial charge in [-0.1, -0.05) is 24.4 Å². The van der Waals surface area contributed by atoms with Crippen LogP contribution < -0.4 is 11.1 Å². The fourth-order valence-electron chi connectivity index (χ4n) is 2.88.